The summed E-state index contributed by atoms with van der Waals surface area (Å²) in [7, 11) is 1.74. The highest BCUT2D eigenvalue weighted by atomic mass is 16.2. The largest absolute Gasteiger partial charge is 0.348 e. The van der Waals surface area contributed by atoms with Crippen LogP contribution in [0.5, 0.6) is 0 Å². The lowest BCUT2D eigenvalue weighted by Gasteiger charge is -2.30. The molecule has 24 heavy (non-hydrogen) atoms. The van der Waals surface area contributed by atoms with Gasteiger partial charge in [0.1, 0.15) is 0 Å². The zero-order chi connectivity index (χ0) is 17.9. The van der Waals surface area contributed by atoms with Crippen molar-refractivity contribution >= 4 is 17.7 Å². The molecule has 0 radical (unpaired) electrons. The highest BCUT2D eigenvalue weighted by Crippen LogP contribution is 2.12. The average molecular weight is 331 g/mol. The maximum Gasteiger partial charge on any atom is 0.251 e. The molecule has 1 atom stereocenters. The van der Waals surface area contributed by atoms with Crippen molar-refractivity contribution in [2.45, 2.75) is 45.2 Å². The maximum absolute atomic E-state index is 12.3. The summed E-state index contributed by atoms with van der Waals surface area (Å²) in [5.41, 5.74) is 0.712. The lowest BCUT2D eigenvalue weighted by molar-refractivity contribution is -0.132. The predicted molar refractivity (Wildman–Crippen MR) is 91.8 cm³/mol. The molecule has 2 N–H and O–H groups in total. The molecule has 1 unspecified atom stereocenters. The molecule has 1 aliphatic heterocycles. The van der Waals surface area contributed by atoms with E-state index in [0.29, 0.717) is 30.5 Å². The summed E-state index contributed by atoms with van der Waals surface area (Å²) < 4.78 is 0. The van der Waals surface area contributed by atoms with E-state index >= 15 is 0 Å². The number of nitrogens with zero attached hydrogens (tertiary/aromatic N) is 1. The quantitative estimate of drug-likeness (QED) is 0.882. The summed E-state index contributed by atoms with van der Waals surface area (Å²) in [5, 5.41) is 5.82. The van der Waals surface area contributed by atoms with Gasteiger partial charge in [-0.25, -0.2) is 0 Å². The Labute approximate surface area is 142 Å². The Bertz CT molecular complexity index is 632. The highest BCUT2D eigenvalue weighted by molar-refractivity contribution is 5.98. The molecule has 6 nitrogen and oxygen atoms in total. The monoisotopic (exact) mass is 331 g/mol. The first-order valence-electron chi connectivity index (χ1n) is 8.13. The van der Waals surface area contributed by atoms with Crippen LogP contribution in [0.25, 0.3) is 0 Å². The smallest absolute Gasteiger partial charge is 0.251 e. The first-order chi connectivity index (χ1) is 11.2. The number of likely N-dealkylation sites (N-methyl/N-ethyl adjacent to an activating group) is 1. The topological polar surface area (TPSA) is 78.5 Å². The summed E-state index contributed by atoms with van der Waals surface area (Å²) in [5.74, 6) is -0.248. The van der Waals surface area contributed by atoms with E-state index in [2.05, 4.69) is 10.6 Å². The SMILES string of the molecule is CN1CC(NC(=O)c2ccc(C(=O)NC(C)(C)C)cc2)CCC1=O. The van der Waals surface area contributed by atoms with Gasteiger partial charge in [-0.2, -0.15) is 0 Å². The summed E-state index contributed by atoms with van der Waals surface area (Å²) in [4.78, 5) is 37.5. The first kappa shape index (κ1) is 18.0. The van der Waals surface area contributed by atoms with Crippen LogP contribution in [0.3, 0.4) is 0 Å². The van der Waals surface area contributed by atoms with Gasteiger partial charge in [0.2, 0.25) is 5.91 Å². The Morgan fingerprint density at radius 1 is 1.08 bits per heavy atom. The van der Waals surface area contributed by atoms with Crippen molar-refractivity contribution in [2.75, 3.05) is 13.6 Å². The molecule has 1 fully saturated rings. The van der Waals surface area contributed by atoms with Crippen LogP contribution in [-0.4, -0.2) is 47.8 Å². The van der Waals surface area contributed by atoms with E-state index in [1.807, 2.05) is 20.8 Å². The summed E-state index contributed by atoms with van der Waals surface area (Å²) >= 11 is 0. The normalized spacial score (nSPS) is 18.2. The zero-order valence-corrected chi connectivity index (χ0v) is 14.7. The van der Waals surface area contributed by atoms with Crippen LogP contribution in [-0.2, 0) is 4.79 Å². The zero-order valence-electron chi connectivity index (χ0n) is 14.7. The highest BCUT2D eigenvalue weighted by Gasteiger charge is 2.24. The Morgan fingerprint density at radius 2 is 1.62 bits per heavy atom. The number of hydrogen-bond donors (Lipinski definition) is 2. The molecule has 0 saturated carbocycles. The van der Waals surface area contributed by atoms with E-state index < -0.39 is 0 Å². The fraction of sp³-hybridized carbons (Fsp3) is 0.500. The minimum absolute atomic E-state index is 0.0379. The number of rotatable bonds is 3. The third-order valence-electron chi connectivity index (χ3n) is 3.86. The molecule has 3 amide bonds. The number of piperidine rings is 1. The second kappa shape index (κ2) is 7.03. The molecule has 0 bridgehead atoms. The van der Waals surface area contributed by atoms with Crippen LogP contribution < -0.4 is 10.6 Å². The molecular formula is C18H25N3O3. The number of carbonyl (C=O) groups excluding carboxylic acids is 3. The molecule has 1 aliphatic rings. The fourth-order valence-electron chi connectivity index (χ4n) is 2.58. The van der Waals surface area contributed by atoms with Crippen LogP contribution in [0.4, 0.5) is 0 Å². The Balaban J connectivity index is 1.96. The third kappa shape index (κ3) is 4.81. The number of likely N-dealkylation sites (tertiary alicyclic amines) is 1. The standard InChI is InChI=1S/C18H25N3O3/c1-18(2,3)20-17(24)13-7-5-12(6-8-13)16(23)19-14-9-10-15(22)21(4)11-14/h5-8,14H,9-11H2,1-4H3,(H,19,23)(H,20,24). The van der Waals surface area contributed by atoms with Gasteiger partial charge in [-0.15, -0.1) is 0 Å². The van der Waals surface area contributed by atoms with Gasteiger partial charge in [-0.3, -0.25) is 14.4 Å². The van der Waals surface area contributed by atoms with Gasteiger partial charge in [0, 0.05) is 42.7 Å². The Kier molecular flexibility index (Phi) is 5.26. The third-order valence-corrected chi connectivity index (χ3v) is 3.86. The van der Waals surface area contributed by atoms with Crippen molar-refractivity contribution < 1.29 is 14.4 Å². The van der Waals surface area contributed by atoms with Crippen molar-refractivity contribution in [2.24, 2.45) is 0 Å². The van der Waals surface area contributed by atoms with Crippen LogP contribution in [0, 0.1) is 0 Å². The second-order valence-electron chi connectivity index (χ2n) is 7.26. The molecule has 1 aromatic rings. The summed E-state index contributed by atoms with van der Waals surface area (Å²) in [6.45, 7) is 6.27. The molecular weight excluding hydrogens is 306 g/mol. The minimum Gasteiger partial charge on any atom is -0.348 e. The second-order valence-corrected chi connectivity index (χ2v) is 7.26. The fourth-order valence-corrected chi connectivity index (χ4v) is 2.58. The van der Waals surface area contributed by atoms with Crippen molar-refractivity contribution in [3.63, 3.8) is 0 Å². The molecule has 1 saturated heterocycles. The van der Waals surface area contributed by atoms with E-state index in [1.54, 1.807) is 36.2 Å². The van der Waals surface area contributed by atoms with Crippen LogP contribution in [0.15, 0.2) is 24.3 Å². The number of benzene rings is 1. The van der Waals surface area contributed by atoms with E-state index in [0.717, 1.165) is 0 Å². The molecule has 1 heterocycles. The summed E-state index contributed by atoms with van der Waals surface area (Å²) in [6.07, 6.45) is 1.11. The van der Waals surface area contributed by atoms with Gasteiger partial charge in [-0.1, -0.05) is 0 Å². The van der Waals surface area contributed by atoms with E-state index in [-0.39, 0.29) is 29.3 Å². The molecule has 0 spiro atoms. The van der Waals surface area contributed by atoms with E-state index in [4.69, 9.17) is 0 Å². The molecule has 1 aromatic carbocycles. The predicted octanol–water partition coefficient (Wildman–Crippen LogP) is 1.57. The molecule has 130 valence electrons. The van der Waals surface area contributed by atoms with Crippen LogP contribution >= 0.6 is 0 Å². The first-order valence-corrected chi connectivity index (χ1v) is 8.13. The molecule has 6 heteroatoms. The molecule has 2 rings (SSSR count). The number of hydrogen-bond acceptors (Lipinski definition) is 3. The number of nitrogens with one attached hydrogen (secondary N) is 2. The Hall–Kier alpha value is -2.37. The van der Waals surface area contributed by atoms with Gasteiger partial charge in [0.25, 0.3) is 11.8 Å². The van der Waals surface area contributed by atoms with Crippen molar-refractivity contribution in [1.29, 1.82) is 0 Å². The van der Waals surface area contributed by atoms with Crippen LogP contribution in [0.2, 0.25) is 0 Å². The lowest BCUT2D eigenvalue weighted by atomic mass is 10.0. The maximum atomic E-state index is 12.3. The van der Waals surface area contributed by atoms with E-state index in [9.17, 15) is 14.4 Å². The Morgan fingerprint density at radius 3 is 2.12 bits per heavy atom. The minimum atomic E-state index is -0.308. The van der Waals surface area contributed by atoms with Crippen molar-refractivity contribution in [3.8, 4) is 0 Å². The van der Waals surface area contributed by atoms with Gasteiger partial charge >= 0.3 is 0 Å². The molecule has 0 aliphatic carbocycles. The van der Waals surface area contributed by atoms with Gasteiger partial charge in [0.15, 0.2) is 0 Å². The number of amides is 3. The molecule has 0 aromatic heterocycles. The summed E-state index contributed by atoms with van der Waals surface area (Å²) in [6, 6.07) is 6.54. The average Bonchev–Trinajstić information content (AvgIpc) is 2.49. The lowest BCUT2D eigenvalue weighted by Crippen LogP contribution is -2.48. The van der Waals surface area contributed by atoms with Gasteiger partial charge in [0.05, 0.1) is 0 Å². The van der Waals surface area contributed by atoms with Gasteiger partial charge in [-0.05, 0) is 51.5 Å². The van der Waals surface area contributed by atoms with Crippen molar-refractivity contribution in [3.05, 3.63) is 35.4 Å². The van der Waals surface area contributed by atoms with Gasteiger partial charge < -0.3 is 15.5 Å². The van der Waals surface area contributed by atoms with Crippen LogP contribution in [0.1, 0.15) is 54.3 Å². The van der Waals surface area contributed by atoms with Crippen molar-refractivity contribution in [1.82, 2.24) is 15.5 Å². The van der Waals surface area contributed by atoms with E-state index in [1.165, 1.54) is 0 Å². The number of carbonyl (C=O) groups is 3.